The maximum absolute atomic E-state index is 17.6. The Hall–Kier alpha value is -7.88. The van der Waals surface area contributed by atoms with Crippen LogP contribution in [-0.2, 0) is 60.8 Å². The third-order valence-electron chi connectivity index (χ3n) is 18.3. The molecule has 27 heteroatoms. The van der Waals surface area contributed by atoms with E-state index < -0.39 is 129 Å². The maximum atomic E-state index is 17.6. The number of likely N-dealkylation sites (tertiary alicyclic amines) is 1. The molecule has 10 amide bonds. The predicted octanol–water partition coefficient (Wildman–Crippen LogP) is -0.639. The second kappa shape index (κ2) is 31.0. The van der Waals surface area contributed by atoms with E-state index >= 15 is 24.0 Å². The number of quaternary nitrogens is 1. The summed E-state index contributed by atoms with van der Waals surface area (Å²) in [6, 6.07) is 6.63. The van der Waals surface area contributed by atoms with Crippen LogP contribution in [-0.4, -0.2) is 154 Å². The van der Waals surface area contributed by atoms with E-state index in [9.17, 15) is 24.0 Å². The molecule has 1 aliphatic heterocycles. The number of ether oxygens (including phenoxy) is 1. The number of hydrogen-bond acceptors (Lipinski definition) is 16. The number of aliphatic imine (C=N–C) groups is 2. The van der Waals surface area contributed by atoms with Crippen LogP contribution in [0.5, 0.6) is 5.75 Å². The van der Waals surface area contributed by atoms with Gasteiger partial charge in [-0.1, -0.05) is 63.2 Å². The molecule has 5 fully saturated rings. The number of hydrogen-bond donors (Lipinski definition) is 12. The minimum absolute atomic E-state index is 0.00673. The summed E-state index contributed by atoms with van der Waals surface area (Å²) in [5.74, 6) is -8.32. The topological polar surface area (TPSA) is 464 Å². The number of imide groups is 2. The predicted molar refractivity (Wildman–Crippen MR) is 332 cm³/mol. The van der Waals surface area contributed by atoms with Gasteiger partial charge in [-0.3, -0.25) is 58.6 Å². The number of carbonyl (C=O) groups is 10. The maximum Gasteiger partial charge on any atom is 0.348 e. The van der Waals surface area contributed by atoms with E-state index in [2.05, 4.69) is 31.3 Å². The second-order valence-corrected chi connectivity index (χ2v) is 25.1. The van der Waals surface area contributed by atoms with Gasteiger partial charge in [-0.2, -0.15) is 4.48 Å². The van der Waals surface area contributed by atoms with Gasteiger partial charge in [0, 0.05) is 44.7 Å². The fraction of sp³-hybridized carbons (Fsp3) is 0.613. The van der Waals surface area contributed by atoms with Gasteiger partial charge < -0.3 is 66.6 Å². The lowest BCUT2D eigenvalue weighted by atomic mass is 9.43. The number of nitrogens with two attached hydrogens (primary N) is 8. The number of nitrogens with one attached hydrogen (secondary N) is 4. The Bertz CT molecular complexity index is 2920. The molecule has 20 N–H and O–H groups in total. The van der Waals surface area contributed by atoms with E-state index in [1.807, 2.05) is 25.1 Å². The number of primary amides is 2. The van der Waals surface area contributed by atoms with Gasteiger partial charge in [-0.15, -0.1) is 0 Å². The van der Waals surface area contributed by atoms with Crippen LogP contribution in [0.1, 0.15) is 136 Å². The monoisotopic (exact) mass is 1240 g/mol. The smallest absolute Gasteiger partial charge is 0.348 e. The van der Waals surface area contributed by atoms with Gasteiger partial charge in [0.1, 0.15) is 29.9 Å². The number of benzene rings is 2. The Morgan fingerprint density at radius 1 is 0.719 bits per heavy atom. The molecule has 4 bridgehead atoms. The van der Waals surface area contributed by atoms with E-state index in [1.165, 1.54) is 6.92 Å². The lowest BCUT2D eigenvalue weighted by Crippen LogP contribution is -2.81. The zero-order valence-electron chi connectivity index (χ0n) is 52.1. The summed E-state index contributed by atoms with van der Waals surface area (Å²) in [5, 5.41) is 10.2. The number of rotatable bonds is 31. The van der Waals surface area contributed by atoms with E-state index in [-0.39, 0.29) is 107 Å². The molecule has 1 saturated heterocycles. The van der Waals surface area contributed by atoms with Crippen molar-refractivity contribution in [2.75, 3.05) is 26.2 Å². The highest BCUT2D eigenvalue weighted by atomic mass is 16.5. The first-order valence-corrected chi connectivity index (χ1v) is 31.1. The molecule has 4 aliphatic carbocycles. The van der Waals surface area contributed by atoms with Crippen molar-refractivity contribution in [3.63, 3.8) is 0 Å². The fourth-order valence-electron chi connectivity index (χ4n) is 14.4. The Morgan fingerprint density at radius 2 is 1.30 bits per heavy atom. The van der Waals surface area contributed by atoms with Crippen LogP contribution >= 0.6 is 0 Å². The Labute approximate surface area is 520 Å². The third-order valence-corrected chi connectivity index (χ3v) is 18.3. The largest absolute Gasteiger partial charge is 0.494 e. The van der Waals surface area contributed by atoms with E-state index in [4.69, 9.17) is 50.6 Å². The molecule has 0 spiro atoms. The zero-order valence-corrected chi connectivity index (χ0v) is 52.1. The average molecular weight is 1240 g/mol. The van der Waals surface area contributed by atoms with Crippen LogP contribution in [0, 0.1) is 29.1 Å². The molecule has 89 heavy (non-hydrogen) atoms. The summed E-state index contributed by atoms with van der Waals surface area (Å²) >= 11 is 0. The molecule has 4 saturated carbocycles. The molecule has 2 aromatic rings. The molecule has 2 aromatic carbocycles. The van der Waals surface area contributed by atoms with Crippen molar-refractivity contribution in [2.24, 2.45) is 84.9 Å². The first-order chi connectivity index (χ1) is 42.1. The van der Waals surface area contributed by atoms with Crippen LogP contribution in [0.15, 0.2) is 64.6 Å². The molecule has 0 radical (unpaired) electrons. The zero-order chi connectivity index (χ0) is 65.5. The minimum Gasteiger partial charge on any atom is -0.494 e. The molecule has 27 nitrogen and oxygen atoms in total. The van der Waals surface area contributed by atoms with Crippen LogP contribution in [0.4, 0.5) is 0 Å². The Balaban J connectivity index is 1.37. The van der Waals surface area contributed by atoms with Crippen molar-refractivity contribution in [1.29, 1.82) is 0 Å². The molecule has 0 aromatic heterocycles. The van der Waals surface area contributed by atoms with Crippen LogP contribution in [0.3, 0.4) is 0 Å². The molecular weight excluding hydrogens is 1140 g/mol. The highest BCUT2D eigenvalue weighted by Gasteiger charge is 2.75. The van der Waals surface area contributed by atoms with Crippen molar-refractivity contribution in [3.05, 3.63) is 65.7 Å². The minimum atomic E-state index is -2.13. The van der Waals surface area contributed by atoms with Gasteiger partial charge in [0.2, 0.25) is 41.4 Å². The van der Waals surface area contributed by atoms with Crippen molar-refractivity contribution in [3.8, 4) is 5.75 Å². The summed E-state index contributed by atoms with van der Waals surface area (Å²) in [7, 11) is 0. The molecule has 7 rings (SSSR count). The van der Waals surface area contributed by atoms with Crippen molar-refractivity contribution >= 4 is 71.0 Å². The lowest BCUT2D eigenvalue weighted by molar-refractivity contribution is -0.786. The fourth-order valence-corrected chi connectivity index (χ4v) is 14.4. The highest BCUT2D eigenvalue weighted by Crippen LogP contribution is 2.66. The van der Waals surface area contributed by atoms with Gasteiger partial charge in [0.15, 0.2) is 23.5 Å². The quantitative estimate of drug-likeness (QED) is 0.0193. The van der Waals surface area contributed by atoms with Gasteiger partial charge >= 0.3 is 11.8 Å². The van der Waals surface area contributed by atoms with Gasteiger partial charge in [-0.05, 0) is 131 Å². The summed E-state index contributed by atoms with van der Waals surface area (Å²) in [5.41, 5.74) is 46.2. The van der Waals surface area contributed by atoms with Crippen molar-refractivity contribution in [1.82, 2.24) is 26.2 Å². The van der Waals surface area contributed by atoms with Gasteiger partial charge in [0.05, 0.1) is 31.7 Å². The van der Waals surface area contributed by atoms with Crippen LogP contribution in [0.2, 0.25) is 0 Å². The molecule has 9 atom stereocenters. The number of guanidine groups is 2. The number of amides is 10. The molecule has 5 aliphatic rings. The van der Waals surface area contributed by atoms with Crippen molar-refractivity contribution < 1.29 is 57.2 Å². The summed E-state index contributed by atoms with van der Waals surface area (Å²) in [4.78, 5) is 154. The Morgan fingerprint density at radius 3 is 1.84 bits per heavy atom. The number of nitrogens with zero attached hydrogens (tertiary/aromatic N) is 4. The summed E-state index contributed by atoms with van der Waals surface area (Å²) in [6.45, 7) is 8.25. The second-order valence-electron chi connectivity index (χ2n) is 25.1. The normalized spacial score (nSPS) is 23.7. The van der Waals surface area contributed by atoms with E-state index in [0.717, 1.165) is 24.2 Å². The van der Waals surface area contributed by atoms with E-state index in [1.54, 1.807) is 57.2 Å². The average Bonchev–Trinajstić information content (AvgIpc) is 1.46. The van der Waals surface area contributed by atoms with Gasteiger partial charge in [0.25, 0.3) is 5.91 Å². The Kier molecular flexibility index (Phi) is 24.5. The standard InChI is InChI=1S/C62H94N16O11/c1-6-43(63)57(87)78(58(88)62(34-38-14-9-8-10-15-38,61-31-39-26-40(32-61)28-41(27-39)33-61)77(36(5)79)56(86)44(64)29-37-19-21-42(22-20-37)89-7-2)25-13-18-48(78)54(84)74-46(17-12-23-71-59(68)69)52(82)73-45(51(67)81)16-11-24-72-60(70)76-53(83)47(30-49(65)80)75-55(85)50(66)35(3)4/h8-10,14-15,19-22,35,39-41,43-48,50H,6-7,11-13,16-18,23-34,63-64,66H2,1-5H3,(H13-,65,67,68,69,70,71,72,73,74,75,76,80,81,82,83,84,85)/p+1/t39?,40?,41?,43?,44-,45-,46-,47-,48-,50-,61?,62-,78?/m0/s1. The van der Waals surface area contributed by atoms with Gasteiger partial charge in [-0.25, -0.2) is 9.59 Å². The molecule has 2 unspecified atom stereocenters. The first kappa shape index (κ1) is 70.2. The molecule has 488 valence electrons. The molecular formula is C62H95N16O11+. The SMILES string of the molecule is CCOc1ccc(C[C@H](N)C(=O)N(C(C)=O)[C@@](Cc2ccccc2)(C(=O)[N+]2(C(=O)C(N)CC)CCC[C@H]2C(=O)N[C@@H](CCCN=C(N)N)C(=O)N[C@@H](CCCN=C(N)NC(=O)[C@H](CC(N)=O)NC(=O)[C@@H](N)C(C)C)C(N)=O)C23CC4CC(CC(C4)C2)C3)cc1. The van der Waals surface area contributed by atoms with E-state index in [0.29, 0.717) is 42.7 Å². The molecule has 1 heterocycles. The number of carbonyl (C=O) groups excluding carboxylic acids is 10. The van der Waals surface area contributed by atoms with Crippen molar-refractivity contribution in [2.45, 2.75) is 185 Å². The van der Waals surface area contributed by atoms with Crippen LogP contribution < -0.4 is 71.9 Å². The first-order valence-electron chi connectivity index (χ1n) is 31.1. The lowest BCUT2D eigenvalue weighted by Gasteiger charge is -2.65. The highest BCUT2D eigenvalue weighted by molar-refractivity contribution is 6.06. The summed E-state index contributed by atoms with van der Waals surface area (Å²) < 4.78 is 4.48. The third kappa shape index (κ3) is 16.7. The van der Waals surface area contributed by atoms with Crippen LogP contribution in [0.25, 0.3) is 0 Å². The summed E-state index contributed by atoms with van der Waals surface area (Å²) in [6.07, 6.45) is 3.28.